The van der Waals surface area contributed by atoms with E-state index >= 15 is 0 Å². The fourth-order valence-corrected chi connectivity index (χ4v) is 2.54. The van der Waals surface area contributed by atoms with Crippen LogP contribution in [-0.2, 0) is 4.79 Å². The van der Waals surface area contributed by atoms with Gasteiger partial charge in [-0.25, -0.2) is 9.37 Å². The minimum atomic E-state index is -0.936. The molecule has 0 fully saturated rings. The van der Waals surface area contributed by atoms with Gasteiger partial charge in [-0.05, 0) is 25.1 Å². The Bertz CT molecular complexity index is 610. The smallest absolute Gasteiger partial charge is 0.313 e. The molecule has 7 heteroatoms. The third-order valence-corrected chi connectivity index (χ3v) is 3.40. The standard InChI is InChI=1S/C12H10ClFN2O2S/c1-7-5-16(12(15-7)19-6-11(17)18)10-3-8(13)2-9(14)4-10/h2-5H,6H2,1H3,(H,17,18). The molecule has 0 saturated carbocycles. The van der Waals surface area contributed by atoms with Crippen LogP contribution in [0.2, 0.25) is 5.02 Å². The van der Waals surface area contributed by atoms with E-state index < -0.39 is 11.8 Å². The van der Waals surface area contributed by atoms with Crippen molar-refractivity contribution in [3.63, 3.8) is 0 Å². The van der Waals surface area contributed by atoms with Gasteiger partial charge in [0.25, 0.3) is 0 Å². The van der Waals surface area contributed by atoms with Gasteiger partial charge in [-0.15, -0.1) is 0 Å². The monoisotopic (exact) mass is 300 g/mol. The van der Waals surface area contributed by atoms with E-state index in [9.17, 15) is 9.18 Å². The van der Waals surface area contributed by atoms with Crippen molar-refractivity contribution >= 4 is 29.3 Å². The first-order valence-corrected chi connectivity index (χ1v) is 6.69. The normalized spacial score (nSPS) is 10.7. The van der Waals surface area contributed by atoms with Crippen molar-refractivity contribution in [3.05, 3.63) is 40.9 Å². The lowest BCUT2D eigenvalue weighted by Crippen LogP contribution is -2.01. The van der Waals surface area contributed by atoms with E-state index in [0.29, 0.717) is 16.5 Å². The van der Waals surface area contributed by atoms with Crippen LogP contribution in [0.4, 0.5) is 4.39 Å². The number of carbonyl (C=O) groups is 1. The zero-order valence-electron chi connectivity index (χ0n) is 9.93. The molecule has 0 atom stereocenters. The number of carboxylic acids is 1. The fourth-order valence-electron chi connectivity index (χ4n) is 1.57. The molecular formula is C12H10ClFN2O2S. The van der Waals surface area contributed by atoms with Crippen molar-refractivity contribution < 1.29 is 14.3 Å². The van der Waals surface area contributed by atoms with Crippen LogP contribution in [0.25, 0.3) is 5.69 Å². The number of aryl methyl sites for hydroxylation is 1. The highest BCUT2D eigenvalue weighted by molar-refractivity contribution is 7.99. The number of hydrogen-bond acceptors (Lipinski definition) is 3. The molecule has 2 rings (SSSR count). The summed E-state index contributed by atoms with van der Waals surface area (Å²) >= 11 is 6.88. The fraction of sp³-hybridized carbons (Fsp3) is 0.167. The first-order chi connectivity index (χ1) is 8.95. The highest BCUT2D eigenvalue weighted by Gasteiger charge is 2.11. The summed E-state index contributed by atoms with van der Waals surface area (Å²) in [6.45, 7) is 1.78. The summed E-state index contributed by atoms with van der Waals surface area (Å²) < 4.78 is 15.0. The van der Waals surface area contributed by atoms with Gasteiger partial charge in [0.1, 0.15) is 5.82 Å². The molecule has 1 aromatic heterocycles. The lowest BCUT2D eigenvalue weighted by atomic mass is 10.3. The van der Waals surface area contributed by atoms with Crippen molar-refractivity contribution in [1.29, 1.82) is 0 Å². The summed E-state index contributed by atoms with van der Waals surface area (Å²) in [7, 11) is 0. The SMILES string of the molecule is Cc1cn(-c2cc(F)cc(Cl)c2)c(SCC(=O)O)n1. The Morgan fingerprint density at radius 3 is 2.89 bits per heavy atom. The molecule has 100 valence electrons. The number of benzene rings is 1. The van der Waals surface area contributed by atoms with E-state index in [4.69, 9.17) is 16.7 Å². The van der Waals surface area contributed by atoms with Crippen molar-refractivity contribution in [3.8, 4) is 5.69 Å². The number of aromatic nitrogens is 2. The summed E-state index contributed by atoms with van der Waals surface area (Å²) in [6.07, 6.45) is 1.70. The molecule has 4 nitrogen and oxygen atoms in total. The predicted molar refractivity (Wildman–Crippen MR) is 71.6 cm³/mol. The second-order valence-corrected chi connectivity index (χ2v) is 5.22. The molecule has 0 saturated heterocycles. The van der Waals surface area contributed by atoms with Crippen molar-refractivity contribution in [1.82, 2.24) is 9.55 Å². The highest BCUT2D eigenvalue weighted by atomic mass is 35.5. The van der Waals surface area contributed by atoms with Gasteiger partial charge in [-0.2, -0.15) is 0 Å². The third kappa shape index (κ3) is 3.48. The molecule has 0 aliphatic carbocycles. The number of halogens is 2. The van der Waals surface area contributed by atoms with E-state index in [-0.39, 0.29) is 10.8 Å². The van der Waals surface area contributed by atoms with E-state index in [1.807, 2.05) is 0 Å². The second-order valence-electron chi connectivity index (χ2n) is 3.84. The summed E-state index contributed by atoms with van der Waals surface area (Å²) in [5.41, 5.74) is 1.23. The lowest BCUT2D eigenvalue weighted by molar-refractivity contribution is -0.133. The Kier molecular flexibility index (Phi) is 4.11. The van der Waals surface area contributed by atoms with Crippen LogP contribution in [0.15, 0.2) is 29.6 Å². The molecule has 2 aromatic rings. The second kappa shape index (κ2) is 5.63. The van der Waals surface area contributed by atoms with Crippen molar-refractivity contribution in [2.75, 3.05) is 5.75 Å². The summed E-state index contributed by atoms with van der Waals surface area (Å²) in [5.74, 6) is -1.50. The molecule has 1 aromatic carbocycles. The van der Waals surface area contributed by atoms with Crippen LogP contribution in [0.3, 0.4) is 0 Å². The van der Waals surface area contributed by atoms with Crippen molar-refractivity contribution in [2.45, 2.75) is 12.1 Å². The molecule has 0 bridgehead atoms. The Hall–Kier alpha value is -1.53. The number of rotatable bonds is 4. The average molecular weight is 301 g/mol. The van der Waals surface area contributed by atoms with Crippen LogP contribution >= 0.6 is 23.4 Å². The van der Waals surface area contributed by atoms with Crippen LogP contribution < -0.4 is 0 Å². The molecule has 1 N–H and O–H groups in total. The van der Waals surface area contributed by atoms with Gasteiger partial charge in [0.05, 0.1) is 17.1 Å². The number of hydrogen-bond donors (Lipinski definition) is 1. The molecule has 0 radical (unpaired) electrons. The number of carboxylic acid groups (broad SMARTS) is 1. The van der Waals surface area contributed by atoms with Crippen LogP contribution in [0.1, 0.15) is 5.69 Å². The predicted octanol–water partition coefficient (Wildman–Crippen LogP) is 3.15. The van der Waals surface area contributed by atoms with E-state index in [1.54, 1.807) is 23.8 Å². The summed E-state index contributed by atoms with van der Waals surface area (Å²) in [4.78, 5) is 14.8. The molecule has 0 aliphatic heterocycles. The summed E-state index contributed by atoms with van der Waals surface area (Å²) in [6, 6.07) is 4.12. The molecule has 0 aliphatic rings. The van der Waals surface area contributed by atoms with Gasteiger partial charge in [-0.1, -0.05) is 23.4 Å². The average Bonchev–Trinajstić information content (AvgIpc) is 2.66. The number of nitrogens with zero attached hydrogens (tertiary/aromatic N) is 2. The zero-order valence-corrected chi connectivity index (χ0v) is 11.5. The Balaban J connectivity index is 2.40. The van der Waals surface area contributed by atoms with Gasteiger partial charge in [0, 0.05) is 11.2 Å². The van der Waals surface area contributed by atoms with Gasteiger partial charge in [-0.3, -0.25) is 9.36 Å². The van der Waals surface area contributed by atoms with E-state index in [2.05, 4.69) is 4.98 Å². The lowest BCUT2D eigenvalue weighted by Gasteiger charge is -2.07. The van der Waals surface area contributed by atoms with Crippen molar-refractivity contribution in [2.24, 2.45) is 0 Å². The Labute approximate surface area is 118 Å². The zero-order chi connectivity index (χ0) is 14.0. The largest absolute Gasteiger partial charge is 0.481 e. The minimum Gasteiger partial charge on any atom is -0.481 e. The van der Waals surface area contributed by atoms with Crippen LogP contribution in [0.5, 0.6) is 0 Å². The topological polar surface area (TPSA) is 55.1 Å². The molecule has 0 spiro atoms. The van der Waals surface area contributed by atoms with Gasteiger partial charge in [0.2, 0.25) is 0 Å². The quantitative estimate of drug-likeness (QED) is 0.881. The molecular weight excluding hydrogens is 291 g/mol. The first-order valence-electron chi connectivity index (χ1n) is 5.33. The first kappa shape index (κ1) is 13.9. The highest BCUT2D eigenvalue weighted by Crippen LogP contribution is 2.24. The maximum Gasteiger partial charge on any atom is 0.313 e. The van der Waals surface area contributed by atoms with Crippen LogP contribution in [-0.4, -0.2) is 26.4 Å². The van der Waals surface area contributed by atoms with Gasteiger partial charge in [0.15, 0.2) is 5.16 Å². The summed E-state index contributed by atoms with van der Waals surface area (Å²) in [5, 5.41) is 9.45. The maximum atomic E-state index is 13.3. The Morgan fingerprint density at radius 2 is 2.26 bits per heavy atom. The van der Waals surface area contributed by atoms with Gasteiger partial charge < -0.3 is 5.11 Å². The molecule has 0 unspecified atom stereocenters. The number of aliphatic carboxylic acids is 1. The Morgan fingerprint density at radius 1 is 1.53 bits per heavy atom. The minimum absolute atomic E-state index is 0.112. The van der Waals surface area contributed by atoms with E-state index in [1.165, 1.54) is 12.1 Å². The van der Waals surface area contributed by atoms with Gasteiger partial charge >= 0.3 is 5.97 Å². The molecule has 19 heavy (non-hydrogen) atoms. The molecule has 1 heterocycles. The van der Waals surface area contributed by atoms with Crippen LogP contribution in [0, 0.1) is 12.7 Å². The maximum absolute atomic E-state index is 13.3. The number of imidazole rings is 1. The van der Waals surface area contributed by atoms with E-state index in [0.717, 1.165) is 11.8 Å². The number of thioether (sulfide) groups is 1. The molecule has 0 amide bonds. The third-order valence-electron chi connectivity index (χ3n) is 2.24.